The molecule has 2 aromatic rings. The highest BCUT2D eigenvalue weighted by atomic mass is 16.6. The van der Waals surface area contributed by atoms with Crippen LogP contribution in [0.5, 0.6) is 0 Å². The fourth-order valence-corrected chi connectivity index (χ4v) is 3.67. The van der Waals surface area contributed by atoms with Gasteiger partial charge < -0.3 is 25.0 Å². The third-order valence-electron chi connectivity index (χ3n) is 5.81. The van der Waals surface area contributed by atoms with Gasteiger partial charge in [0.1, 0.15) is 17.7 Å². The van der Waals surface area contributed by atoms with Gasteiger partial charge in [0, 0.05) is 13.1 Å². The third-order valence-corrected chi connectivity index (χ3v) is 5.81. The number of ether oxygens (including phenoxy) is 1. The first-order valence-electron chi connectivity index (χ1n) is 12.0. The number of nitriles is 2. The average Bonchev–Trinajstić information content (AvgIpc) is 2.88. The van der Waals surface area contributed by atoms with Crippen LogP contribution in [0.4, 0.5) is 4.79 Å². The predicted molar refractivity (Wildman–Crippen MR) is 140 cm³/mol. The maximum atomic E-state index is 12.6. The minimum absolute atomic E-state index is 0.0769. The van der Waals surface area contributed by atoms with Crippen LogP contribution < -0.4 is 5.32 Å². The summed E-state index contributed by atoms with van der Waals surface area (Å²) in [5.41, 5.74) is 2.95. The van der Waals surface area contributed by atoms with Crippen LogP contribution >= 0.6 is 0 Å². The van der Waals surface area contributed by atoms with Crippen LogP contribution in [0, 0.1) is 29.6 Å². The molecule has 2 unspecified atom stereocenters. The van der Waals surface area contributed by atoms with E-state index in [1.807, 2.05) is 57.2 Å². The van der Waals surface area contributed by atoms with Crippen molar-refractivity contribution in [2.45, 2.75) is 46.2 Å². The Morgan fingerprint density at radius 2 is 1.78 bits per heavy atom. The Morgan fingerprint density at radius 1 is 1.14 bits per heavy atom. The highest BCUT2D eigenvalue weighted by Gasteiger charge is 2.27. The van der Waals surface area contributed by atoms with Gasteiger partial charge in [-0.2, -0.15) is 10.5 Å². The van der Waals surface area contributed by atoms with Gasteiger partial charge in [0.15, 0.2) is 0 Å². The zero-order chi connectivity index (χ0) is 27.5. The first kappa shape index (κ1) is 29.1. The van der Waals surface area contributed by atoms with Crippen molar-refractivity contribution < 1.29 is 24.4 Å². The third kappa shape index (κ3) is 8.50. The monoisotopic (exact) mass is 502 g/mol. The minimum atomic E-state index is -1.81. The first-order chi connectivity index (χ1) is 17.6. The molecule has 9 nitrogen and oxygen atoms in total. The van der Waals surface area contributed by atoms with Crippen LogP contribution in [0.15, 0.2) is 48.0 Å². The van der Waals surface area contributed by atoms with Gasteiger partial charge in [-0.3, -0.25) is 4.79 Å². The summed E-state index contributed by atoms with van der Waals surface area (Å²) < 4.78 is 5.44. The smallest absolute Gasteiger partial charge is 0.442 e. The summed E-state index contributed by atoms with van der Waals surface area (Å²) in [6.45, 7) is 8.06. The second kappa shape index (κ2) is 13.8. The second-order valence-electron chi connectivity index (χ2n) is 8.55. The van der Waals surface area contributed by atoms with Gasteiger partial charge >= 0.3 is 13.2 Å². The molecule has 0 fully saturated rings. The van der Waals surface area contributed by atoms with Crippen molar-refractivity contribution in [1.29, 1.82) is 10.5 Å². The van der Waals surface area contributed by atoms with E-state index in [-0.39, 0.29) is 17.6 Å². The molecule has 37 heavy (non-hydrogen) atoms. The lowest BCUT2D eigenvalue weighted by atomic mass is 9.76. The second-order valence-corrected chi connectivity index (χ2v) is 8.55. The number of carbonyl (C=O) groups is 2. The lowest BCUT2D eigenvalue weighted by Crippen LogP contribution is -2.48. The number of likely N-dealkylation sites (N-methyl/N-ethyl adjacent to an activating group) is 1. The Labute approximate surface area is 217 Å². The van der Waals surface area contributed by atoms with Crippen LogP contribution in [0.1, 0.15) is 54.7 Å². The van der Waals surface area contributed by atoms with E-state index in [2.05, 4.69) is 5.32 Å². The molecule has 10 heteroatoms. The van der Waals surface area contributed by atoms with Crippen LogP contribution in [-0.4, -0.2) is 53.1 Å². The van der Waals surface area contributed by atoms with Crippen molar-refractivity contribution in [1.82, 2.24) is 10.2 Å². The molecular formula is C27H31BN4O5. The van der Waals surface area contributed by atoms with Crippen molar-refractivity contribution in [2.24, 2.45) is 0 Å². The standard InChI is InChI=1S/C27H31BN4O5/c1-5-32(6-2)26(33)24(17-30)13-21-11-22(16-29)14-23(12-21)19(4)37-27(34)31-25(28(35)36)15-20-9-7-18(3)8-10-20/h7-14,19,25,35-36H,5-6,15H2,1-4H3,(H,31,34). The molecule has 0 radical (unpaired) electrons. The maximum absolute atomic E-state index is 12.6. The van der Waals surface area contributed by atoms with Crippen molar-refractivity contribution in [2.75, 3.05) is 13.1 Å². The number of nitrogens with one attached hydrogen (secondary N) is 1. The molecule has 0 aromatic heterocycles. The van der Waals surface area contributed by atoms with Gasteiger partial charge in [-0.25, -0.2) is 4.79 Å². The lowest BCUT2D eigenvalue weighted by molar-refractivity contribution is -0.126. The first-order valence-corrected chi connectivity index (χ1v) is 12.0. The molecule has 192 valence electrons. The van der Waals surface area contributed by atoms with Gasteiger partial charge in [0.05, 0.1) is 17.6 Å². The zero-order valence-electron chi connectivity index (χ0n) is 21.4. The number of hydrogen-bond donors (Lipinski definition) is 3. The molecule has 0 aliphatic rings. The maximum Gasteiger partial charge on any atom is 0.475 e. The number of nitrogens with zero attached hydrogens (tertiary/aromatic N) is 3. The molecule has 0 spiro atoms. The number of alkyl carbamates (subject to hydrolysis) is 1. The summed E-state index contributed by atoms with van der Waals surface area (Å²) in [6, 6.07) is 16.1. The van der Waals surface area contributed by atoms with E-state index in [1.54, 1.807) is 13.0 Å². The molecule has 3 N–H and O–H groups in total. The number of rotatable bonds is 10. The largest absolute Gasteiger partial charge is 0.475 e. The minimum Gasteiger partial charge on any atom is -0.442 e. The van der Waals surface area contributed by atoms with E-state index in [9.17, 15) is 30.2 Å². The Balaban J connectivity index is 2.21. The van der Waals surface area contributed by atoms with Gasteiger partial charge in [-0.1, -0.05) is 29.8 Å². The average molecular weight is 502 g/mol. The van der Waals surface area contributed by atoms with Crippen LogP contribution in [0.25, 0.3) is 6.08 Å². The molecule has 0 saturated carbocycles. The summed E-state index contributed by atoms with van der Waals surface area (Å²) in [4.78, 5) is 26.7. The summed E-state index contributed by atoms with van der Waals surface area (Å²) >= 11 is 0. The lowest BCUT2D eigenvalue weighted by Gasteiger charge is -2.20. The van der Waals surface area contributed by atoms with Crippen LogP contribution in [0.2, 0.25) is 0 Å². The molecule has 2 rings (SSSR count). The zero-order valence-corrected chi connectivity index (χ0v) is 21.4. The topological polar surface area (TPSA) is 147 Å². The molecule has 0 aliphatic carbocycles. The number of hydrogen-bond acceptors (Lipinski definition) is 7. The summed E-state index contributed by atoms with van der Waals surface area (Å²) in [7, 11) is -1.81. The van der Waals surface area contributed by atoms with Crippen LogP contribution in [0.3, 0.4) is 0 Å². The number of benzene rings is 2. The van der Waals surface area contributed by atoms with Crippen molar-refractivity contribution in [3.8, 4) is 12.1 Å². The van der Waals surface area contributed by atoms with Crippen molar-refractivity contribution in [3.05, 3.63) is 75.9 Å². The van der Waals surface area contributed by atoms with Gasteiger partial charge in [0.2, 0.25) is 0 Å². The predicted octanol–water partition coefficient (Wildman–Crippen LogP) is 3.05. The van der Waals surface area contributed by atoms with Gasteiger partial charge in [-0.15, -0.1) is 0 Å². The Hall–Kier alpha value is -4.12. The van der Waals surface area contributed by atoms with Crippen LogP contribution in [-0.2, 0) is 16.0 Å². The summed E-state index contributed by atoms with van der Waals surface area (Å²) in [6.07, 6.45) is -0.109. The molecule has 2 aromatic carbocycles. The van der Waals surface area contributed by atoms with E-state index >= 15 is 0 Å². The van der Waals surface area contributed by atoms with E-state index in [4.69, 9.17) is 4.74 Å². The quantitative estimate of drug-likeness (QED) is 0.257. The Morgan fingerprint density at radius 3 is 2.32 bits per heavy atom. The van der Waals surface area contributed by atoms with Crippen molar-refractivity contribution in [3.63, 3.8) is 0 Å². The van der Waals surface area contributed by atoms with Gasteiger partial charge in [-0.05, 0) is 75.1 Å². The van der Waals surface area contributed by atoms with Gasteiger partial charge in [0.25, 0.3) is 5.91 Å². The summed E-state index contributed by atoms with van der Waals surface area (Å²) in [5, 5.41) is 40.9. The highest BCUT2D eigenvalue weighted by molar-refractivity contribution is 6.43. The van der Waals surface area contributed by atoms with E-state index < -0.39 is 31.2 Å². The molecular weight excluding hydrogens is 471 g/mol. The Bertz CT molecular complexity index is 1210. The molecule has 0 saturated heterocycles. The molecule has 0 heterocycles. The number of amides is 2. The SMILES string of the molecule is CCN(CC)C(=O)C(C#N)=Cc1cc(C#N)cc(C(C)OC(=O)NC(Cc2ccc(C)cc2)B(O)O)c1. The molecule has 2 atom stereocenters. The fraction of sp³-hybridized carbons (Fsp3) is 0.333. The van der Waals surface area contributed by atoms with Crippen molar-refractivity contribution >= 4 is 25.2 Å². The summed E-state index contributed by atoms with van der Waals surface area (Å²) in [5.74, 6) is -1.42. The molecule has 0 aliphatic heterocycles. The number of aryl methyl sites for hydroxylation is 1. The van der Waals surface area contributed by atoms with E-state index in [0.29, 0.717) is 24.2 Å². The number of carbonyl (C=O) groups excluding carboxylic acids is 2. The molecule has 0 bridgehead atoms. The molecule has 2 amide bonds. The normalized spacial score (nSPS) is 12.5. The highest BCUT2D eigenvalue weighted by Crippen LogP contribution is 2.22. The Kier molecular flexibility index (Phi) is 10.9. The van der Waals surface area contributed by atoms with E-state index in [1.165, 1.54) is 23.1 Å². The van der Waals surface area contributed by atoms with E-state index in [0.717, 1.165) is 11.1 Å². The fourth-order valence-electron chi connectivity index (χ4n) is 3.67.